The number of nitrogens with zero attached hydrogens (tertiary/aromatic N) is 3. The molecule has 1 saturated heterocycles. The van der Waals surface area contributed by atoms with E-state index in [2.05, 4.69) is 20.1 Å². The summed E-state index contributed by atoms with van der Waals surface area (Å²) in [6, 6.07) is 0.859. The van der Waals surface area contributed by atoms with Gasteiger partial charge < -0.3 is 14.6 Å². The van der Waals surface area contributed by atoms with Crippen LogP contribution in [0.1, 0.15) is 11.9 Å². The monoisotopic (exact) mass is 166 g/mol. The van der Waals surface area contributed by atoms with E-state index < -0.39 is 0 Å². The molecule has 5 heteroatoms. The summed E-state index contributed by atoms with van der Waals surface area (Å²) >= 11 is 0. The van der Waals surface area contributed by atoms with E-state index >= 15 is 0 Å². The average Bonchev–Trinajstić information content (AvgIpc) is 2.71. The van der Waals surface area contributed by atoms with Crippen molar-refractivity contribution in [1.82, 2.24) is 20.1 Å². The molecule has 1 N–H and O–H groups in total. The van der Waals surface area contributed by atoms with Crippen LogP contribution in [-0.4, -0.2) is 34.0 Å². The Morgan fingerprint density at radius 3 is 3.58 bits per heavy atom. The van der Waals surface area contributed by atoms with Gasteiger partial charge in [0.25, 0.3) is 0 Å². The second kappa shape index (κ2) is 2.27. The molecule has 0 bridgehead atoms. The van der Waals surface area contributed by atoms with Gasteiger partial charge in [-0.1, -0.05) is 0 Å². The third kappa shape index (κ3) is 0.748. The number of rotatable bonds is 0. The Morgan fingerprint density at radius 2 is 2.58 bits per heavy atom. The zero-order valence-corrected chi connectivity index (χ0v) is 6.60. The highest BCUT2D eigenvalue weighted by molar-refractivity contribution is 5.00. The van der Waals surface area contributed by atoms with Gasteiger partial charge in [0.05, 0.1) is 31.8 Å². The van der Waals surface area contributed by atoms with Gasteiger partial charge in [0.1, 0.15) is 12.2 Å². The molecule has 0 radical (unpaired) electrons. The molecule has 3 heterocycles. The first-order valence-electron chi connectivity index (χ1n) is 4.14. The van der Waals surface area contributed by atoms with Crippen LogP contribution >= 0.6 is 0 Å². The fourth-order valence-electron chi connectivity index (χ4n) is 1.90. The number of nitrogens with one attached hydrogen (secondary N) is 1. The van der Waals surface area contributed by atoms with Crippen molar-refractivity contribution in [3.05, 3.63) is 12.2 Å². The van der Waals surface area contributed by atoms with Crippen LogP contribution in [0.2, 0.25) is 0 Å². The van der Waals surface area contributed by atoms with Crippen molar-refractivity contribution in [2.75, 3.05) is 13.2 Å². The quantitative estimate of drug-likeness (QED) is 0.555. The molecule has 0 aromatic carbocycles. The number of fused-ring (bicyclic) bond motifs is 3. The highest BCUT2D eigenvalue weighted by Gasteiger charge is 2.34. The lowest BCUT2D eigenvalue weighted by Crippen LogP contribution is -2.42. The molecule has 3 rings (SSSR count). The first-order valence-corrected chi connectivity index (χ1v) is 4.14. The van der Waals surface area contributed by atoms with Gasteiger partial charge in [-0.25, -0.2) is 0 Å². The van der Waals surface area contributed by atoms with Crippen molar-refractivity contribution in [3.8, 4) is 0 Å². The lowest BCUT2D eigenvalue weighted by molar-refractivity contribution is 0.184. The fraction of sp³-hybridized carbons (Fsp3) is 0.714. The molecular formula is C7H10N4O. The Hall–Kier alpha value is -0.940. The topological polar surface area (TPSA) is 52.0 Å². The van der Waals surface area contributed by atoms with Crippen molar-refractivity contribution in [2.24, 2.45) is 0 Å². The van der Waals surface area contributed by atoms with Crippen molar-refractivity contribution < 1.29 is 4.74 Å². The zero-order valence-electron chi connectivity index (χ0n) is 6.60. The van der Waals surface area contributed by atoms with Crippen molar-refractivity contribution in [3.63, 3.8) is 0 Å². The standard InChI is InChI=1S/C7H10N4O/c1-7-10-9-4-11(7)6-3-12-2-5(6)8-1/h4-6,8H,1-3H2. The van der Waals surface area contributed by atoms with Gasteiger partial charge in [-0.3, -0.25) is 0 Å². The second-order valence-electron chi connectivity index (χ2n) is 3.25. The SMILES string of the molecule is c1nnc2n1C1COCC1NC2. The maximum absolute atomic E-state index is 5.38. The molecule has 2 aliphatic heterocycles. The summed E-state index contributed by atoms with van der Waals surface area (Å²) < 4.78 is 7.50. The van der Waals surface area contributed by atoms with Crippen LogP contribution in [0.25, 0.3) is 0 Å². The molecule has 5 nitrogen and oxygen atoms in total. The van der Waals surface area contributed by atoms with E-state index in [0.29, 0.717) is 12.1 Å². The highest BCUT2D eigenvalue weighted by atomic mass is 16.5. The van der Waals surface area contributed by atoms with Crippen LogP contribution in [0, 0.1) is 0 Å². The third-order valence-electron chi connectivity index (χ3n) is 2.58. The van der Waals surface area contributed by atoms with E-state index in [-0.39, 0.29) is 0 Å². The van der Waals surface area contributed by atoms with Crippen LogP contribution in [0.15, 0.2) is 6.33 Å². The van der Waals surface area contributed by atoms with Gasteiger partial charge in [0.2, 0.25) is 0 Å². The second-order valence-corrected chi connectivity index (χ2v) is 3.25. The summed E-state index contributed by atoms with van der Waals surface area (Å²) in [7, 11) is 0. The average molecular weight is 166 g/mol. The maximum atomic E-state index is 5.38. The minimum Gasteiger partial charge on any atom is -0.378 e. The van der Waals surface area contributed by atoms with E-state index in [1.807, 2.05) is 0 Å². The third-order valence-corrected chi connectivity index (χ3v) is 2.58. The largest absolute Gasteiger partial charge is 0.378 e. The highest BCUT2D eigenvalue weighted by Crippen LogP contribution is 2.23. The summed E-state index contributed by atoms with van der Waals surface area (Å²) in [5.74, 6) is 1.02. The molecule has 0 amide bonds. The van der Waals surface area contributed by atoms with Crippen LogP contribution in [0.4, 0.5) is 0 Å². The molecule has 64 valence electrons. The Labute approximate surface area is 69.7 Å². The first-order chi connectivity index (χ1) is 5.95. The minimum atomic E-state index is 0.406. The van der Waals surface area contributed by atoms with E-state index in [0.717, 1.165) is 25.6 Å². The Balaban J connectivity index is 2.04. The predicted molar refractivity (Wildman–Crippen MR) is 40.5 cm³/mol. The molecule has 2 atom stereocenters. The molecule has 1 aromatic heterocycles. The van der Waals surface area contributed by atoms with Gasteiger partial charge >= 0.3 is 0 Å². The summed E-state index contributed by atoms with van der Waals surface area (Å²) in [4.78, 5) is 0. The number of hydrogen-bond donors (Lipinski definition) is 1. The molecular weight excluding hydrogens is 156 g/mol. The van der Waals surface area contributed by atoms with E-state index in [1.54, 1.807) is 6.33 Å². The van der Waals surface area contributed by atoms with Crippen molar-refractivity contribution >= 4 is 0 Å². The molecule has 1 fully saturated rings. The summed E-state index contributed by atoms with van der Waals surface area (Å²) in [5.41, 5.74) is 0. The number of aromatic nitrogens is 3. The molecule has 0 saturated carbocycles. The summed E-state index contributed by atoms with van der Waals surface area (Å²) in [6.45, 7) is 2.40. The van der Waals surface area contributed by atoms with Crippen LogP contribution in [0.3, 0.4) is 0 Å². The zero-order chi connectivity index (χ0) is 7.97. The normalized spacial score (nSPS) is 33.0. The fourth-order valence-corrected chi connectivity index (χ4v) is 1.90. The number of ether oxygens (including phenoxy) is 1. The maximum Gasteiger partial charge on any atom is 0.147 e. The summed E-state index contributed by atoms with van der Waals surface area (Å²) in [6.07, 6.45) is 1.79. The van der Waals surface area contributed by atoms with Crippen LogP contribution < -0.4 is 5.32 Å². The molecule has 2 unspecified atom stereocenters. The van der Waals surface area contributed by atoms with Crippen LogP contribution in [-0.2, 0) is 11.3 Å². The predicted octanol–water partition coefficient (Wildman–Crippen LogP) is -0.679. The first kappa shape index (κ1) is 6.56. The minimum absolute atomic E-state index is 0.406. The van der Waals surface area contributed by atoms with E-state index in [1.165, 1.54) is 0 Å². The van der Waals surface area contributed by atoms with Crippen molar-refractivity contribution in [2.45, 2.75) is 18.6 Å². The van der Waals surface area contributed by atoms with E-state index in [4.69, 9.17) is 4.74 Å². The lowest BCUT2D eigenvalue weighted by Gasteiger charge is -2.26. The smallest absolute Gasteiger partial charge is 0.147 e. The van der Waals surface area contributed by atoms with Gasteiger partial charge in [0.15, 0.2) is 0 Å². The molecule has 0 aliphatic carbocycles. The molecule has 12 heavy (non-hydrogen) atoms. The van der Waals surface area contributed by atoms with Gasteiger partial charge in [-0.15, -0.1) is 10.2 Å². The molecule has 2 aliphatic rings. The Bertz CT molecular complexity index is 297. The molecule has 1 aromatic rings. The van der Waals surface area contributed by atoms with Crippen LogP contribution in [0.5, 0.6) is 0 Å². The Kier molecular flexibility index (Phi) is 1.24. The number of hydrogen-bond acceptors (Lipinski definition) is 4. The van der Waals surface area contributed by atoms with E-state index in [9.17, 15) is 0 Å². The van der Waals surface area contributed by atoms with Crippen molar-refractivity contribution in [1.29, 1.82) is 0 Å². The van der Waals surface area contributed by atoms with Gasteiger partial charge in [-0.05, 0) is 0 Å². The van der Waals surface area contributed by atoms with Gasteiger partial charge in [-0.2, -0.15) is 0 Å². The van der Waals surface area contributed by atoms with Gasteiger partial charge in [0, 0.05) is 0 Å². The lowest BCUT2D eigenvalue weighted by atomic mass is 10.1. The summed E-state index contributed by atoms with van der Waals surface area (Å²) in [5, 5.41) is 11.3. The molecule has 0 spiro atoms. The Morgan fingerprint density at radius 1 is 1.58 bits per heavy atom.